The van der Waals surface area contributed by atoms with Crippen LogP contribution in [0.15, 0.2) is 33.2 Å². The molecule has 0 N–H and O–H groups in total. The molecule has 2 amide bonds. The summed E-state index contributed by atoms with van der Waals surface area (Å²) in [6.07, 6.45) is 0. The molecule has 0 radical (unpaired) electrons. The normalized spacial score (nSPS) is 16.1. The largest absolute Gasteiger partial charge is 0.269 e. The van der Waals surface area contributed by atoms with Crippen LogP contribution in [0.2, 0.25) is 5.02 Å². The van der Waals surface area contributed by atoms with Crippen molar-refractivity contribution < 1.29 is 9.59 Å². The molecule has 1 aliphatic rings. The minimum absolute atomic E-state index is 0.211. The van der Waals surface area contributed by atoms with E-state index in [4.69, 9.17) is 11.6 Å². The number of amides is 2. The van der Waals surface area contributed by atoms with Gasteiger partial charge in [-0.3, -0.25) is 14.5 Å². The van der Waals surface area contributed by atoms with E-state index in [9.17, 15) is 9.59 Å². The molecule has 0 atom stereocenters. The highest BCUT2D eigenvalue weighted by molar-refractivity contribution is 9.14. The highest BCUT2D eigenvalue weighted by atomic mass is 79.9. The number of benzene rings is 1. The Bertz CT molecular complexity index is 518. The van der Waals surface area contributed by atoms with Gasteiger partial charge < -0.3 is 0 Å². The van der Waals surface area contributed by atoms with Crippen molar-refractivity contribution in [3.8, 4) is 0 Å². The first-order valence-corrected chi connectivity index (χ1v) is 6.63. The molecule has 2 rings (SSSR count). The van der Waals surface area contributed by atoms with E-state index >= 15 is 0 Å². The molecule has 0 saturated carbocycles. The molecular formula is C11H6Br2ClNO2. The van der Waals surface area contributed by atoms with E-state index in [-0.39, 0.29) is 27.3 Å². The first-order chi connectivity index (χ1) is 8.00. The number of carbonyl (C=O) groups is 2. The van der Waals surface area contributed by atoms with Crippen LogP contribution in [0.1, 0.15) is 5.56 Å². The molecule has 1 aromatic rings. The van der Waals surface area contributed by atoms with Gasteiger partial charge in [-0.25, -0.2) is 0 Å². The van der Waals surface area contributed by atoms with Crippen molar-refractivity contribution in [2.75, 3.05) is 0 Å². The van der Waals surface area contributed by atoms with Gasteiger partial charge in [-0.15, -0.1) is 0 Å². The summed E-state index contributed by atoms with van der Waals surface area (Å²) in [6.45, 7) is 0.211. The van der Waals surface area contributed by atoms with Gasteiger partial charge in [0.05, 0.1) is 6.54 Å². The summed E-state index contributed by atoms with van der Waals surface area (Å²) < 4.78 is 0.508. The molecule has 0 fully saturated rings. The molecule has 1 heterocycles. The van der Waals surface area contributed by atoms with E-state index < -0.39 is 0 Å². The fourth-order valence-electron chi connectivity index (χ4n) is 1.48. The first-order valence-electron chi connectivity index (χ1n) is 4.66. The summed E-state index contributed by atoms with van der Waals surface area (Å²) >= 11 is 12.0. The van der Waals surface area contributed by atoms with Crippen LogP contribution in [0.5, 0.6) is 0 Å². The second-order valence-corrected chi connectivity index (χ2v) is 5.48. The first kappa shape index (κ1) is 12.8. The standard InChI is InChI=1S/C11H6Br2ClNO2/c12-8-9(13)11(17)15(10(8)16)5-6-2-1-3-7(14)4-6/h1-4H,5H2. The van der Waals surface area contributed by atoms with E-state index in [0.29, 0.717) is 5.02 Å². The molecule has 1 aliphatic heterocycles. The number of hydrogen-bond acceptors (Lipinski definition) is 2. The van der Waals surface area contributed by atoms with Crippen molar-refractivity contribution in [1.82, 2.24) is 4.90 Å². The Labute approximate surface area is 120 Å². The van der Waals surface area contributed by atoms with Gasteiger partial charge in [-0.05, 0) is 49.6 Å². The Hall–Kier alpha value is -0.650. The SMILES string of the molecule is O=C1C(Br)=C(Br)C(=O)N1Cc1cccc(Cl)c1. The summed E-state index contributed by atoms with van der Waals surface area (Å²) in [5.41, 5.74) is 0.807. The molecule has 1 aromatic carbocycles. The minimum Gasteiger partial charge on any atom is -0.269 e. The van der Waals surface area contributed by atoms with E-state index in [1.807, 2.05) is 6.07 Å². The number of halogens is 3. The lowest BCUT2D eigenvalue weighted by molar-refractivity contribution is -0.137. The van der Waals surface area contributed by atoms with Gasteiger partial charge in [0.15, 0.2) is 0 Å². The van der Waals surface area contributed by atoms with Crippen LogP contribution in [-0.4, -0.2) is 16.7 Å². The maximum absolute atomic E-state index is 11.8. The second kappa shape index (κ2) is 4.92. The summed E-state index contributed by atoms with van der Waals surface area (Å²) in [4.78, 5) is 24.7. The number of hydrogen-bond donors (Lipinski definition) is 0. The molecule has 6 heteroatoms. The van der Waals surface area contributed by atoms with E-state index in [0.717, 1.165) is 10.5 Å². The summed E-state index contributed by atoms with van der Waals surface area (Å²) in [6, 6.07) is 7.05. The Morgan fingerprint density at radius 1 is 1.12 bits per heavy atom. The van der Waals surface area contributed by atoms with Crippen molar-refractivity contribution in [1.29, 1.82) is 0 Å². The van der Waals surface area contributed by atoms with Gasteiger partial charge in [0.1, 0.15) is 8.96 Å². The maximum atomic E-state index is 11.8. The summed E-state index contributed by atoms with van der Waals surface area (Å²) in [5.74, 6) is -0.691. The molecule has 17 heavy (non-hydrogen) atoms. The molecule has 3 nitrogen and oxygen atoms in total. The maximum Gasteiger partial charge on any atom is 0.269 e. The smallest absolute Gasteiger partial charge is 0.269 e. The molecule has 0 spiro atoms. The van der Waals surface area contributed by atoms with E-state index in [2.05, 4.69) is 31.9 Å². The van der Waals surface area contributed by atoms with Crippen LogP contribution in [0.4, 0.5) is 0 Å². The quantitative estimate of drug-likeness (QED) is 0.740. The Morgan fingerprint density at radius 2 is 1.71 bits per heavy atom. The van der Waals surface area contributed by atoms with Gasteiger partial charge in [0.2, 0.25) is 0 Å². The monoisotopic (exact) mass is 377 g/mol. The number of nitrogens with zero attached hydrogens (tertiary/aromatic N) is 1. The molecule has 0 aliphatic carbocycles. The van der Waals surface area contributed by atoms with Crippen molar-refractivity contribution >= 4 is 55.3 Å². The fourth-order valence-corrected chi connectivity index (χ4v) is 2.46. The van der Waals surface area contributed by atoms with E-state index in [1.54, 1.807) is 18.2 Å². The van der Waals surface area contributed by atoms with Crippen LogP contribution in [0, 0.1) is 0 Å². The fraction of sp³-hybridized carbons (Fsp3) is 0.0909. The summed E-state index contributed by atoms with van der Waals surface area (Å²) in [7, 11) is 0. The average molecular weight is 379 g/mol. The zero-order valence-corrected chi connectivity index (χ0v) is 12.3. The predicted octanol–water partition coefficient (Wildman–Crippen LogP) is 3.21. The van der Waals surface area contributed by atoms with Crippen molar-refractivity contribution in [3.63, 3.8) is 0 Å². The third-order valence-corrected chi connectivity index (χ3v) is 4.53. The zero-order valence-electron chi connectivity index (χ0n) is 8.41. The highest BCUT2D eigenvalue weighted by Crippen LogP contribution is 2.30. The number of rotatable bonds is 2. The van der Waals surface area contributed by atoms with Gasteiger partial charge in [0, 0.05) is 5.02 Å². The highest BCUT2D eigenvalue weighted by Gasteiger charge is 2.35. The van der Waals surface area contributed by atoms with Crippen LogP contribution in [0.3, 0.4) is 0 Å². The lowest BCUT2D eigenvalue weighted by Gasteiger charge is -2.14. The lowest BCUT2D eigenvalue weighted by atomic mass is 10.2. The third-order valence-electron chi connectivity index (χ3n) is 2.29. The predicted molar refractivity (Wildman–Crippen MR) is 71.9 cm³/mol. The van der Waals surface area contributed by atoms with Crippen LogP contribution in [-0.2, 0) is 16.1 Å². The molecular weight excluding hydrogens is 373 g/mol. The molecule has 0 bridgehead atoms. The van der Waals surface area contributed by atoms with Crippen molar-refractivity contribution in [2.24, 2.45) is 0 Å². The number of imide groups is 1. The second-order valence-electron chi connectivity index (χ2n) is 3.45. The van der Waals surface area contributed by atoms with E-state index in [1.165, 1.54) is 0 Å². The molecule has 0 aromatic heterocycles. The van der Waals surface area contributed by atoms with Crippen LogP contribution < -0.4 is 0 Å². The van der Waals surface area contributed by atoms with Crippen molar-refractivity contribution in [3.05, 3.63) is 43.8 Å². The van der Waals surface area contributed by atoms with Gasteiger partial charge in [0.25, 0.3) is 11.8 Å². The lowest BCUT2D eigenvalue weighted by Crippen LogP contribution is -2.30. The minimum atomic E-state index is -0.346. The topological polar surface area (TPSA) is 37.4 Å². The molecule has 0 saturated heterocycles. The van der Waals surface area contributed by atoms with Crippen LogP contribution in [0.25, 0.3) is 0 Å². The van der Waals surface area contributed by atoms with Gasteiger partial charge in [-0.2, -0.15) is 0 Å². The third kappa shape index (κ3) is 2.46. The average Bonchev–Trinajstić information content (AvgIpc) is 2.47. The zero-order chi connectivity index (χ0) is 12.6. The number of carbonyl (C=O) groups excluding carboxylic acids is 2. The molecule has 88 valence electrons. The Balaban J connectivity index is 2.22. The Kier molecular flexibility index (Phi) is 3.70. The van der Waals surface area contributed by atoms with Crippen molar-refractivity contribution in [2.45, 2.75) is 6.54 Å². The molecule has 0 unspecified atom stereocenters. The summed E-state index contributed by atoms with van der Waals surface area (Å²) in [5, 5.41) is 0.577. The van der Waals surface area contributed by atoms with Gasteiger partial charge in [-0.1, -0.05) is 23.7 Å². The van der Waals surface area contributed by atoms with Crippen LogP contribution >= 0.6 is 43.5 Å². The Morgan fingerprint density at radius 3 is 2.24 bits per heavy atom. The van der Waals surface area contributed by atoms with Gasteiger partial charge >= 0.3 is 0 Å².